The highest BCUT2D eigenvalue weighted by molar-refractivity contribution is 5.91. The fraction of sp³-hybridized carbons (Fsp3) is 0.154. The van der Waals surface area contributed by atoms with Gasteiger partial charge in [-0.15, -0.1) is 5.10 Å². The molecule has 0 saturated heterocycles. The molecule has 0 aliphatic carbocycles. The Morgan fingerprint density at radius 2 is 1.82 bits per heavy atom. The number of aromatic amines is 1. The second kappa shape index (κ2) is 9.58. The van der Waals surface area contributed by atoms with Gasteiger partial charge in [0.25, 0.3) is 5.56 Å². The average Bonchev–Trinajstić information content (AvgIpc) is 3.38. The topological polar surface area (TPSA) is 88.5 Å². The van der Waals surface area contributed by atoms with Crippen molar-refractivity contribution in [3.8, 4) is 22.4 Å². The van der Waals surface area contributed by atoms with E-state index in [1.807, 2.05) is 53.3 Å². The Morgan fingerprint density at radius 3 is 2.61 bits per heavy atom. The number of nitrogens with one attached hydrogen (secondary N) is 2. The third-order valence-electron chi connectivity index (χ3n) is 5.61. The van der Waals surface area contributed by atoms with Crippen molar-refractivity contribution in [1.29, 1.82) is 0 Å². The third kappa shape index (κ3) is 4.73. The largest absolute Gasteiger partial charge is 0.328 e. The number of benzene rings is 2. The maximum absolute atomic E-state index is 12.4. The first-order chi connectivity index (χ1) is 16.3. The molecule has 0 radical (unpaired) electrons. The molecule has 0 unspecified atom stereocenters. The maximum atomic E-state index is 12.4. The van der Waals surface area contributed by atoms with Crippen LogP contribution in [0.25, 0.3) is 33.3 Å². The Hall–Kier alpha value is -4.10. The van der Waals surface area contributed by atoms with Gasteiger partial charge in [-0.25, -0.2) is 4.98 Å². The summed E-state index contributed by atoms with van der Waals surface area (Å²) in [5, 5.41) is 11.9. The van der Waals surface area contributed by atoms with Crippen LogP contribution in [-0.4, -0.2) is 31.5 Å². The zero-order valence-corrected chi connectivity index (χ0v) is 18.1. The monoisotopic (exact) mass is 436 g/mol. The van der Waals surface area contributed by atoms with E-state index in [1.54, 1.807) is 12.4 Å². The minimum atomic E-state index is -0.131. The molecule has 2 N–H and O–H groups in total. The minimum absolute atomic E-state index is 0.131. The molecule has 0 amide bonds. The summed E-state index contributed by atoms with van der Waals surface area (Å²) >= 11 is 0. The van der Waals surface area contributed by atoms with Gasteiger partial charge in [0.1, 0.15) is 0 Å². The van der Waals surface area contributed by atoms with Crippen molar-refractivity contribution < 1.29 is 0 Å². The van der Waals surface area contributed by atoms with Crippen LogP contribution in [0.1, 0.15) is 12.0 Å². The van der Waals surface area contributed by atoms with E-state index in [0.29, 0.717) is 10.9 Å². The molecule has 3 heterocycles. The van der Waals surface area contributed by atoms with Gasteiger partial charge >= 0.3 is 0 Å². The van der Waals surface area contributed by atoms with Gasteiger partial charge in [0.05, 0.1) is 22.8 Å². The number of rotatable bonds is 8. The summed E-state index contributed by atoms with van der Waals surface area (Å²) < 4.78 is 1.84. The van der Waals surface area contributed by atoms with Crippen LogP contribution in [0.3, 0.4) is 0 Å². The van der Waals surface area contributed by atoms with Gasteiger partial charge in [0.2, 0.25) is 0 Å². The number of aromatic nitrogens is 5. The van der Waals surface area contributed by atoms with Crippen LogP contribution < -0.4 is 10.9 Å². The van der Waals surface area contributed by atoms with Crippen LogP contribution in [0, 0.1) is 0 Å². The summed E-state index contributed by atoms with van der Waals surface area (Å²) in [7, 11) is 0. The van der Waals surface area contributed by atoms with Crippen molar-refractivity contribution in [2.24, 2.45) is 0 Å². The molecule has 0 saturated carbocycles. The normalized spacial score (nSPS) is 11.2. The fourth-order valence-corrected chi connectivity index (χ4v) is 3.90. The molecular formula is C26H24N6O. The number of hydrogen-bond acceptors (Lipinski definition) is 5. The molecule has 0 atom stereocenters. The molecule has 0 bridgehead atoms. The second-order valence-electron chi connectivity index (χ2n) is 7.88. The SMILES string of the molecule is O=c1[nH]ccc2nc(-c3ccc(CNCCCn4ccnn4)cc3)c(-c3ccccc3)cc12. The molecule has 7 nitrogen and oxygen atoms in total. The first-order valence-corrected chi connectivity index (χ1v) is 11.0. The summed E-state index contributed by atoms with van der Waals surface area (Å²) in [5.41, 5.74) is 5.62. The first-order valence-electron chi connectivity index (χ1n) is 11.0. The molecule has 3 aromatic heterocycles. The lowest BCUT2D eigenvalue weighted by molar-refractivity contribution is 0.530. The molecule has 0 aliphatic heterocycles. The Morgan fingerprint density at radius 1 is 0.970 bits per heavy atom. The summed E-state index contributed by atoms with van der Waals surface area (Å²) in [6.45, 7) is 2.55. The van der Waals surface area contributed by atoms with E-state index in [4.69, 9.17) is 4.98 Å². The first kappa shape index (κ1) is 20.8. The van der Waals surface area contributed by atoms with E-state index in [-0.39, 0.29) is 5.56 Å². The Balaban J connectivity index is 1.36. The number of pyridine rings is 2. The number of aryl methyl sites for hydroxylation is 1. The van der Waals surface area contributed by atoms with Crippen LogP contribution in [0.15, 0.2) is 90.1 Å². The second-order valence-corrected chi connectivity index (χ2v) is 7.88. The van der Waals surface area contributed by atoms with Gasteiger partial charge in [-0.3, -0.25) is 9.48 Å². The Bertz CT molecular complexity index is 1390. The molecule has 5 aromatic rings. The lowest BCUT2D eigenvalue weighted by atomic mass is 9.97. The van der Waals surface area contributed by atoms with Crippen molar-refractivity contribution >= 4 is 10.9 Å². The standard InChI is InChI=1S/C26H24N6O/c33-26-23-17-22(20-5-2-1-3-6-20)25(30-24(23)11-13-28-26)21-9-7-19(8-10-21)18-27-12-4-15-32-16-14-29-31-32/h1-3,5-11,13-14,16-17,27H,4,12,15,18H2,(H,28,33). The number of H-pyrrole nitrogens is 1. The van der Waals surface area contributed by atoms with Gasteiger partial charge in [-0.05, 0) is 36.2 Å². The predicted octanol–water partition coefficient (Wildman–Crippen LogP) is 4.03. The van der Waals surface area contributed by atoms with Crippen LogP contribution in [0.2, 0.25) is 0 Å². The fourth-order valence-electron chi connectivity index (χ4n) is 3.90. The van der Waals surface area contributed by atoms with Gasteiger partial charge in [-0.2, -0.15) is 0 Å². The van der Waals surface area contributed by atoms with E-state index >= 15 is 0 Å². The molecule has 5 rings (SSSR count). The number of fused-ring (bicyclic) bond motifs is 1. The van der Waals surface area contributed by atoms with Crippen molar-refractivity contribution in [3.05, 3.63) is 101 Å². The van der Waals surface area contributed by atoms with Crippen LogP contribution in [0.4, 0.5) is 0 Å². The highest BCUT2D eigenvalue weighted by Gasteiger charge is 2.13. The Kier molecular flexibility index (Phi) is 6.04. The van der Waals surface area contributed by atoms with Gasteiger partial charge in [0, 0.05) is 36.6 Å². The summed E-state index contributed by atoms with van der Waals surface area (Å²) in [6, 6.07) is 22.3. The lowest BCUT2D eigenvalue weighted by Crippen LogP contribution is -2.16. The van der Waals surface area contributed by atoms with E-state index < -0.39 is 0 Å². The van der Waals surface area contributed by atoms with Crippen molar-refractivity contribution in [3.63, 3.8) is 0 Å². The van der Waals surface area contributed by atoms with Crippen molar-refractivity contribution in [2.75, 3.05) is 6.54 Å². The van der Waals surface area contributed by atoms with Crippen LogP contribution in [-0.2, 0) is 13.1 Å². The molecular weight excluding hydrogens is 412 g/mol. The van der Waals surface area contributed by atoms with Crippen molar-refractivity contribution in [2.45, 2.75) is 19.5 Å². The maximum Gasteiger partial charge on any atom is 0.257 e. The van der Waals surface area contributed by atoms with E-state index in [1.165, 1.54) is 5.56 Å². The van der Waals surface area contributed by atoms with E-state index in [9.17, 15) is 4.79 Å². The number of hydrogen-bond donors (Lipinski definition) is 2. The lowest BCUT2D eigenvalue weighted by Gasteiger charge is -2.12. The Labute approximate surface area is 191 Å². The molecule has 164 valence electrons. The van der Waals surface area contributed by atoms with Gasteiger partial charge < -0.3 is 10.3 Å². The molecule has 33 heavy (non-hydrogen) atoms. The van der Waals surface area contributed by atoms with Gasteiger partial charge in [-0.1, -0.05) is 59.8 Å². The summed E-state index contributed by atoms with van der Waals surface area (Å²) in [4.78, 5) is 20.0. The average molecular weight is 437 g/mol. The van der Waals surface area contributed by atoms with Crippen molar-refractivity contribution in [1.82, 2.24) is 30.3 Å². The predicted molar refractivity (Wildman–Crippen MR) is 130 cm³/mol. The smallest absolute Gasteiger partial charge is 0.257 e. The molecule has 0 spiro atoms. The highest BCUT2D eigenvalue weighted by atomic mass is 16.1. The highest BCUT2D eigenvalue weighted by Crippen LogP contribution is 2.32. The van der Waals surface area contributed by atoms with Crippen LogP contribution in [0.5, 0.6) is 0 Å². The summed E-state index contributed by atoms with van der Waals surface area (Å²) in [6.07, 6.45) is 6.20. The minimum Gasteiger partial charge on any atom is -0.328 e. The zero-order chi connectivity index (χ0) is 22.5. The summed E-state index contributed by atoms with van der Waals surface area (Å²) in [5.74, 6) is 0. The zero-order valence-electron chi connectivity index (χ0n) is 18.1. The molecule has 0 aliphatic rings. The third-order valence-corrected chi connectivity index (χ3v) is 5.61. The molecule has 7 heteroatoms. The van der Waals surface area contributed by atoms with E-state index in [0.717, 1.165) is 48.4 Å². The van der Waals surface area contributed by atoms with Crippen LogP contribution >= 0.6 is 0 Å². The van der Waals surface area contributed by atoms with E-state index in [2.05, 4.69) is 44.9 Å². The quantitative estimate of drug-likeness (QED) is 0.359. The molecule has 0 fully saturated rings. The van der Waals surface area contributed by atoms with Gasteiger partial charge in [0.15, 0.2) is 0 Å². The number of nitrogens with zero attached hydrogens (tertiary/aromatic N) is 4. The molecule has 2 aromatic carbocycles.